The maximum atomic E-state index is 10.2. The zero-order valence-corrected chi connectivity index (χ0v) is 11.1. The molecule has 3 nitrogen and oxygen atoms in total. The zero-order chi connectivity index (χ0) is 13.0. The zero-order valence-electron chi connectivity index (χ0n) is 11.1. The number of nitrogens with two attached hydrogens (primary N) is 1. The van der Waals surface area contributed by atoms with E-state index in [1.807, 2.05) is 32.0 Å². The molecule has 0 spiro atoms. The minimum atomic E-state index is -0.619. The van der Waals surface area contributed by atoms with Gasteiger partial charge < -0.3 is 15.6 Å². The average molecular weight is 237 g/mol. The average Bonchev–Trinajstić information content (AvgIpc) is 2.35. The van der Waals surface area contributed by atoms with Crippen LogP contribution in [0.15, 0.2) is 18.2 Å². The number of hydrogen-bond donors (Lipinski definition) is 2. The van der Waals surface area contributed by atoms with Crippen LogP contribution in [0.25, 0.3) is 0 Å². The van der Waals surface area contributed by atoms with Crippen LogP contribution in [0.2, 0.25) is 0 Å². The Hall–Kier alpha value is -1.06. The minimum absolute atomic E-state index is 0.242. The Labute approximate surface area is 104 Å². The Morgan fingerprint density at radius 2 is 2.00 bits per heavy atom. The van der Waals surface area contributed by atoms with Crippen LogP contribution in [0.3, 0.4) is 0 Å². The number of aliphatic hydroxyl groups is 1. The Bertz CT molecular complexity index is 363. The number of aryl methyl sites for hydroxylation is 1. The van der Waals surface area contributed by atoms with Crippen molar-refractivity contribution >= 4 is 0 Å². The van der Waals surface area contributed by atoms with Crippen molar-refractivity contribution in [1.29, 1.82) is 0 Å². The van der Waals surface area contributed by atoms with Gasteiger partial charge in [0.25, 0.3) is 0 Å². The summed E-state index contributed by atoms with van der Waals surface area (Å²) in [7, 11) is 1.66. The van der Waals surface area contributed by atoms with E-state index in [4.69, 9.17) is 10.5 Å². The third-order valence-corrected chi connectivity index (χ3v) is 3.16. The van der Waals surface area contributed by atoms with Crippen molar-refractivity contribution in [3.8, 4) is 5.75 Å². The van der Waals surface area contributed by atoms with E-state index in [-0.39, 0.29) is 12.0 Å². The number of benzene rings is 1. The molecule has 1 aromatic carbocycles. The van der Waals surface area contributed by atoms with Gasteiger partial charge in [0.15, 0.2) is 0 Å². The standard InChI is InChI=1S/C14H23NO2/c1-5-10-8-11(6-7-12(10)17-4)14(16)13(15)9(2)3/h6-9,13-14,16H,5,15H2,1-4H3. The van der Waals surface area contributed by atoms with Gasteiger partial charge in [-0.25, -0.2) is 0 Å². The van der Waals surface area contributed by atoms with Crippen LogP contribution in [-0.2, 0) is 6.42 Å². The van der Waals surface area contributed by atoms with E-state index in [2.05, 4.69) is 6.92 Å². The van der Waals surface area contributed by atoms with Gasteiger partial charge >= 0.3 is 0 Å². The quantitative estimate of drug-likeness (QED) is 0.826. The molecule has 1 aromatic rings. The largest absolute Gasteiger partial charge is 0.496 e. The molecule has 0 saturated heterocycles. The van der Waals surface area contributed by atoms with E-state index >= 15 is 0 Å². The fourth-order valence-corrected chi connectivity index (χ4v) is 1.85. The molecule has 0 aliphatic carbocycles. The first-order valence-corrected chi connectivity index (χ1v) is 6.11. The molecular formula is C14H23NO2. The lowest BCUT2D eigenvalue weighted by atomic mass is 9.93. The minimum Gasteiger partial charge on any atom is -0.496 e. The van der Waals surface area contributed by atoms with Crippen molar-refractivity contribution in [3.05, 3.63) is 29.3 Å². The molecule has 3 N–H and O–H groups in total. The Kier molecular flexibility index (Phi) is 4.97. The molecule has 0 aliphatic rings. The van der Waals surface area contributed by atoms with Crippen LogP contribution in [0.5, 0.6) is 5.75 Å². The monoisotopic (exact) mass is 237 g/mol. The summed E-state index contributed by atoms with van der Waals surface area (Å²) in [6.07, 6.45) is 0.256. The number of ether oxygens (including phenoxy) is 1. The molecule has 2 atom stereocenters. The van der Waals surface area contributed by atoms with Crippen LogP contribution < -0.4 is 10.5 Å². The lowest BCUT2D eigenvalue weighted by Gasteiger charge is -2.23. The molecule has 0 amide bonds. The highest BCUT2D eigenvalue weighted by atomic mass is 16.5. The molecular weight excluding hydrogens is 214 g/mol. The summed E-state index contributed by atoms with van der Waals surface area (Å²) in [6.45, 7) is 6.09. The second-order valence-corrected chi connectivity index (χ2v) is 4.69. The molecule has 0 fully saturated rings. The van der Waals surface area contributed by atoms with E-state index in [0.717, 1.165) is 23.3 Å². The van der Waals surface area contributed by atoms with E-state index in [9.17, 15) is 5.11 Å². The Morgan fingerprint density at radius 3 is 2.47 bits per heavy atom. The van der Waals surface area contributed by atoms with Crippen molar-refractivity contribution in [1.82, 2.24) is 0 Å². The highest BCUT2D eigenvalue weighted by Crippen LogP contribution is 2.26. The van der Waals surface area contributed by atoms with Gasteiger partial charge in [0.2, 0.25) is 0 Å². The van der Waals surface area contributed by atoms with Gasteiger partial charge in [-0.3, -0.25) is 0 Å². The fraction of sp³-hybridized carbons (Fsp3) is 0.571. The molecule has 3 heteroatoms. The predicted octanol–water partition coefficient (Wildman–Crippen LogP) is 2.27. The van der Waals surface area contributed by atoms with Gasteiger partial charge in [-0.05, 0) is 35.6 Å². The molecule has 0 bridgehead atoms. The first-order chi connectivity index (χ1) is 8.01. The normalized spacial score (nSPS) is 14.8. The summed E-state index contributed by atoms with van der Waals surface area (Å²) in [5, 5.41) is 10.2. The maximum absolute atomic E-state index is 10.2. The second-order valence-electron chi connectivity index (χ2n) is 4.69. The highest BCUT2D eigenvalue weighted by molar-refractivity contribution is 5.38. The van der Waals surface area contributed by atoms with Gasteiger partial charge in [-0.1, -0.05) is 26.8 Å². The summed E-state index contributed by atoms with van der Waals surface area (Å²) < 4.78 is 5.27. The van der Waals surface area contributed by atoms with Gasteiger partial charge in [-0.15, -0.1) is 0 Å². The van der Waals surface area contributed by atoms with Gasteiger partial charge in [0.1, 0.15) is 5.75 Å². The number of methoxy groups -OCH3 is 1. The summed E-state index contributed by atoms with van der Waals surface area (Å²) >= 11 is 0. The molecule has 96 valence electrons. The van der Waals surface area contributed by atoms with Crippen molar-refractivity contribution in [2.75, 3.05) is 7.11 Å². The van der Waals surface area contributed by atoms with E-state index < -0.39 is 6.10 Å². The number of rotatable bonds is 5. The SMILES string of the molecule is CCc1cc(C(O)C(N)C(C)C)ccc1OC. The van der Waals surface area contributed by atoms with Crippen LogP contribution in [0.4, 0.5) is 0 Å². The maximum Gasteiger partial charge on any atom is 0.122 e. The third-order valence-electron chi connectivity index (χ3n) is 3.16. The van der Waals surface area contributed by atoms with Gasteiger partial charge in [0, 0.05) is 6.04 Å². The van der Waals surface area contributed by atoms with E-state index in [0.29, 0.717) is 0 Å². The smallest absolute Gasteiger partial charge is 0.122 e. The lowest BCUT2D eigenvalue weighted by molar-refractivity contribution is 0.125. The first kappa shape index (κ1) is 14.0. The van der Waals surface area contributed by atoms with Crippen LogP contribution in [0, 0.1) is 5.92 Å². The fourth-order valence-electron chi connectivity index (χ4n) is 1.85. The molecule has 0 aromatic heterocycles. The summed E-state index contributed by atoms with van der Waals surface area (Å²) in [5.74, 6) is 1.11. The molecule has 2 unspecified atom stereocenters. The first-order valence-electron chi connectivity index (χ1n) is 6.11. The van der Waals surface area contributed by atoms with Crippen LogP contribution in [0.1, 0.15) is 38.0 Å². The summed E-state index contributed by atoms with van der Waals surface area (Å²) in [4.78, 5) is 0. The molecule has 17 heavy (non-hydrogen) atoms. The predicted molar refractivity (Wildman–Crippen MR) is 70.1 cm³/mol. The van der Waals surface area contributed by atoms with Crippen molar-refractivity contribution in [2.45, 2.75) is 39.3 Å². The topological polar surface area (TPSA) is 55.5 Å². The molecule has 0 radical (unpaired) electrons. The summed E-state index contributed by atoms with van der Waals surface area (Å²) in [5.41, 5.74) is 7.93. The molecule has 0 heterocycles. The van der Waals surface area contributed by atoms with E-state index in [1.54, 1.807) is 7.11 Å². The lowest BCUT2D eigenvalue weighted by Crippen LogP contribution is -2.33. The number of aliphatic hydroxyl groups excluding tert-OH is 1. The highest BCUT2D eigenvalue weighted by Gasteiger charge is 2.20. The number of hydrogen-bond acceptors (Lipinski definition) is 3. The molecule has 0 aliphatic heterocycles. The van der Waals surface area contributed by atoms with Crippen molar-refractivity contribution in [2.24, 2.45) is 11.7 Å². The van der Waals surface area contributed by atoms with Crippen LogP contribution >= 0.6 is 0 Å². The van der Waals surface area contributed by atoms with Crippen molar-refractivity contribution < 1.29 is 9.84 Å². The Balaban J connectivity index is 2.99. The molecule has 1 rings (SSSR count). The Morgan fingerprint density at radius 1 is 1.35 bits per heavy atom. The summed E-state index contributed by atoms with van der Waals surface area (Å²) in [6, 6.07) is 5.51. The van der Waals surface area contributed by atoms with E-state index in [1.165, 1.54) is 0 Å². The second kappa shape index (κ2) is 6.03. The third kappa shape index (κ3) is 3.20. The van der Waals surface area contributed by atoms with Crippen molar-refractivity contribution in [3.63, 3.8) is 0 Å². The van der Waals surface area contributed by atoms with Gasteiger partial charge in [0.05, 0.1) is 13.2 Å². The van der Waals surface area contributed by atoms with Gasteiger partial charge in [-0.2, -0.15) is 0 Å². The molecule has 0 saturated carbocycles. The van der Waals surface area contributed by atoms with Crippen LogP contribution in [-0.4, -0.2) is 18.3 Å².